The van der Waals surface area contributed by atoms with Crippen LogP contribution < -0.4 is 0 Å². The Morgan fingerprint density at radius 1 is 1.10 bits per heavy atom. The van der Waals surface area contributed by atoms with Crippen LogP contribution >= 0.6 is 0 Å². The normalized spacial score (nSPS) is 19.2. The number of hydrogen-bond donors (Lipinski definition) is 1. The van der Waals surface area contributed by atoms with Crippen molar-refractivity contribution in [3.8, 4) is 0 Å². The molecule has 118 valence electrons. The Bertz CT molecular complexity index is 402. The molecular formula is C19H30O2. The SMILES string of the molecule is CCCCCCCCCC(O)C1OCCc2ccccc21. The van der Waals surface area contributed by atoms with Gasteiger partial charge in [-0.1, -0.05) is 76.1 Å². The average Bonchev–Trinajstić information content (AvgIpc) is 2.53. The van der Waals surface area contributed by atoms with Crippen LogP contribution in [0.2, 0.25) is 0 Å². The number of unbranched alkanes of at least 4 members (excludes halogenated alkanes) is 6. The summed E-state index contributed by atoms with van der Waals surface area (Å²) in [6.07, 6.45) is 10.3. The summed E-state index contributed by atoms with van der Waals surface area (Å²) in [6, 6.07) is 8.38. The number of aliphatic hydroxyl groups is 1. The zero-order chi connectivity index (χ0) is 14.9. The Kier molecular flexibility index (Phi) is 7.25. The molecule has 1 heterocycles. The van der Waals surface area contributed by atoms with Gasteiger partial charge >= 0.3 is 0 Å². The summed E-state index contributed by atoms with van der Waals surface area (Å²) in [5.41, 5.74) is 2.53. The van der Waals surface area contributed by atoms with Crippen molar-refractivity contribution < 1.29 is 9.84 Å². The van der Waals surface area contributed by atoms with E-state index in [9.17, 15) is 5.11 Å². The van der Waals surface area contributed by atoms with Crippen molar-refractivity contribution in [1.82, 2.24) is 0 Å². The summed E-state index contributed by atoms with van der Waals surface area (Å²) in [5.74, 6) is 0. The second kappa shape index (κ2) is 9.22. The molecule has 0 fully saturated rings. The predicted molar refractivity (Wildman–Crippen MR) is 87.5 cm³/mol. The van der Waals surface area contributed by atoms with Crippen LogP contribution in [0.3, 0.4) is 0 Å². The largest absolute Gasteiger partial charge is 0.390 e. The van der Waals surface area contributed by atoms with Crippen molar-refractivity contribution in [3.05, 3.63) is 35.4 Å². The summed E-state index contributed by atoms with van der Waals surface area (Å²) in [7, 11) is 0. The maximum Gasteiger partial charge on any atom is 0.109 e. The molecule has 0 aliphatic carbocycles. The standard InChI is InChI=1S/C19H30O2/c1-2-3-4-5-6-7-8-13-18(20)19-17-12-10-9-11-16(17)14-15-21-19/h9-12,18-20H,2-8,13-15H2,1H3. The molecule has 1 aliphatic heterocycles. The molecule has 0 amide bonds. The van der Waals surface area contributed by atoms with Crippen LogP contribution in [0.15, 0.2) is 24.3 Å². The van der Waals surface area contributed by atoms with Crippen molar-refractivity contribution in [3.63, 3.8) is 0 Å². The molecule has 0 radical (unpaired) electrons. The summed E-state index contributed by atoms with van der Waals surface area (Å²) in [5, 5.41) is 10.4. The first-order valence-electron chi connectivity index (χ1n) is 8.70. The van der Waals surface area contributed by atoms with Crippen LogP contribution in [0, 0.1) is 0 Å². The van der Waals surface area contributed by atoms with Gasteiger partial charge in [-0.3, -0.25) is 0 Å². The third kappa shape index (κ3) is 5.12. The van der Waals surface area contributed by atoms with Gasteiger partial charge in [0, 0.05) is 0 Å². The molecule has 0 bridgehead atoms. The summed E-state index contributed by atoms with van der Waals surface area (Å²) in [6.45, 7) is 2.98. The fourth-order valence-corrected chi connectivity index (χ4v) is 3.21. The number of benzene rings is 1. The first kappa shape index (κ1) is 16.5. The first-order valence-corrected chi connectivity index (χ1v) is 8.70. The lowest BCUT2D eigenvalue weighted by atomic mass is 9.92. The molecule has 2 unspecified atom stereocenters. The van der Waals surface area contributed by atoms with E-state index >= 15 is 0 Å². The quantitative estimate of drug-likeness (QED) is 0.662. The van der Waals surface area contributed by atoms with Gasteiger partial charge in [0.15, 0.2) is 0 Å². The van der Waals surface area contributed by atoms with Gasteiger partial charge in [-0.25, -0.2) is 0 Å². The lowest BCUT2D eigenvalue weighted by Crippen LogP contribution is -2.27. The molecule has 0 saturated carbocycles. The summed E-state index contributed by atoms with van der Waals surface area (Å²) >= 11 is 0. The van der Waals surface area contributed by atoms with Gasteiger partial charge in [-0.05, 0) is 24.0 Å². The van der Waals surface area contributed by atoms with E-state index in [1.54, 1.807) is 0 Å². The van der Waals surface area contributed by atoms with Crippen LogP contribution in [-0.2, 0) is 11.2 Å². The molecule has 1 aliphatic rings. The lowest BCUT2D eigenvalue weighted by Gasteiger charge is -2.29. The monoisotopic (exact) mass is 290 g/mol. The van der Waals surface area contributed by atoms with E-state index in [2.05, 4.69) is 25.1 Å². The fourth-order valence-electron chi connectivity index (χ4n) is 3.21. The van der Waals surface area contributed by atoms with Crippen molar-refractivity contribution in [2.75, 3.05) is 6.61 Å². The molecule has 2 heteroatoms. The molecule has 1 aromatic carbocycles. The average molecular weight is 290 g/mol. The molecule has 1 aromatic rings. The Hall–Kier alpha value is -0.860. The highest BCUT2D eigenvalue weighted by Crippen LogP contribution is 2.31. The van der Waals surface area contributed by atoms with Gasteiger partial charge in [0.1, 0.15) is 6.10 Å². The van der Waals surface area contributed by atoms with E-state index in [0.29, 0.717) is 0 Å². The van der Waals surface area contributed by atoms with Crippen molar-refractivity contribution in [2.24, 2.45) is 0 Å². The van der Waals surface area contributed by atoms with Crippen LogP contribution in [0.1, 0.15) is 75.5 Å². The maximum atomic E-state index is 10.4. The topological polar surface area (TPSA) is 29.5 Å². The molecule has 2 rings (SSSR count). The van der Waals surface area contributed by atoms with E-state index < -0.39 is 0 Å². The Morgan fingerprint density at radius 2 is 1.81 bits per heavy atom. The van der Waals surface area contributed by atoms with Gasteiger partial charge in [-0.15, -0.1) is 0 Å². The molecular weight excluding hydrogens is 260 g/mol. The minimum atomic E-state index is -0.359. The number of ether oxygens (including phenoxy) is 1. The van der Waals surface area contributed by atoms with Crippen molar-refractivity contribution in [2.45, 2.75) is 76.9 Å². The minimum Gasteiger partial charge on any atom is -0.390 e. The predicted octanol–water partition coefficient (Wildman–Crippen LogP) is 4.80. The fraction of sp³-hybridized carbons (Fsp3) is 0.684. The van der Waals surface area contributed by atoms with Crippen LogP contribution in [0.25, 0.3) is 0 Å². The Morgan fingerprint density at radius 3 is 2.62 bits per heavy atom. The van der Waals surface area contributed by atoms with Crippen LogP contribution in [-0.4, -0.2) is 17.8 Å². The van der Waals surface area contributed by atoms with Crippen molar-refractivity contribution in [1.29, 1.82) is 0 Å². The van der Waals surface area contributed by atoms with Gasteiger partial charge in [0.05, 0.1) is 12.7 Å². The van der Waals surface area contributed by atoms with E-state index in [1.165, 1.54) is 49.7 Å². The van der Waals surface area contributed by atoms with Gasteiger partial charge in [0.2, 0.25) is 0 Å². The number of aliphatic hydroxyl groups excluding tert-OH is 1. The van der Waals surface area contributed by atoms with E-state index in [1.807, 2.05) is 6.07 Å². The Balaban J connectivity index is 1.71. The molecule has 0 spiro atoms. The second-order valence-corrected chi connectivity index (χ2v) is 6.22. The summed E-state index contributed by atoms with van der Waals surface area (Å²) in [4.78, 5) is 0. The minimum absolute atomic E-state index is 0.116. The highest BCUT2D eigenvalue weighted by atomic mass is 16.5. The smallest absolute Gasteiger partial charge is 0.109 e. The number of rotatable bonds is 9. The molecule has 1 N–H and O–H groups in total. The number of hydrogen-bond acceptors (Lipinski definition) is 2. The molecule has 0 saturated heterocycles. The van der Waals surface area contributed by atoms with Crippen molar-refractivity contribution >= 4 is 0 Å². The van der Waals surface area contributed by atoms with E-state index in [0.717, 1.165) is 25.9 Å². The van der Waals surface area contributed by atoms with E-state index in [-0.39, 0.29) is 12.2 Å². The first-order chi connectivity index (χ1) is 10.3. The third-order valence-corrected chi connectivity index (χ3v) is 4.48. The number of fused-ring (bicyclic) bond motifs is 1. The highest BCUT2D eigenvalue weighted by Gasteiger charge is 2.26. The van der Waals surface area contributed by atoms with Gasteiger partial charge < -0.3 is 9.84 Å². The zero-order valence-corrected chi connectivity index (χ0v) is 13.4. The van der Waals surface area contributed by atoms with E-state index in [4.69, 9.17) is 4.74 Å². The molecule has 21 heavy (non-hydrogen) atoms. The van der Waals surface area contributed by atoms with Crippen LogP contribution in [0.4, 0.5) is 0 Å². The second-order valence-electron chi connectivity index (χ2n) is 6.22. The maximum absolute atomic E-state index is 10.4. The third-order valence-electron chi connectivity index (χ3n) is 4.48. The highest BCUT2D eigenvalue weighted by molar-refractivity contribution is 5.31. The summed E-state index contributed by atoms with van der Waals surface area (Å²) < 4.78 is 5.83. The molecule has 0 aromatic heterocycles. The van der Waals surface area contributed by atoms with Gasteiger partial charge in [0.25, 0.3) is 0 Å². The lowest BCUT2D eigenvalue weighted by molar-refractivity contribution is -0.0503. The zero-order valence-electron chi connectivity index (χ0n) is 13.4. The molecule has 2 nitrogen and oxygen atoms in total. The Labute approximate surface area is 129 Å². The molecule has 2 atom stereocenters. The van der Waals surface area contributed by atoms with Gasteiger partial charge in [-0.2, -0.15) is 0 Å². The van der Waals surface area contributed by atoms with Crippen LogP contribution in [0.5, 0.6) is 0 Å².